The molecule has 0 amide bonds. The lowest BCUT2D eigenvalue weighted by Gasteiger charge is -2.42. The minimum absolute atomic E-state index is 0.378. The fourth-order valence-corrected chi connectivity index (χ4v) is 2.23. The van der Waals surface area contributed by atoms with Crippen molar-refractivity contribution in [2.75, 3.05) is 6.61 Å². The molecule has 0 aliphatic carbocycles. The van der Waals surface area contributed by atoms with E-state index in [1.54, 1.807) is 62.3 Å². The lowest BCUT2D eigenvalue weighted by Crippen LogP contribution is -2.61. The van der Waals surface area contributed by atoms with E-state index in [4.69, 9.17) is 18.9 Å². The molecule has 2 N–H and O–H groups in total. The van der Waals surface area contributed by atoms with Crippen LogP contribution in [-0.4, -0.2) is 65.4 Å². The summed E-state index contributed by atoms with van der Waals surface area (Å²) in [5.41, 5.74) is -2.57. The van der Waals surface area contributed by atoms with Crippen molar-refractivity contribution in [2.45, 2.75) is 93.0 Å². The predicted molar refractivity (Wildman–Crippen MR) is 106 cm³/mol. The molecule has 5 atom stereocenters. The SMILES string of the molecule is CC(C)(C)C(=O)OC[C@H]1O[C@@H](OC(=O)C(C)(C)C)[C@H](O)[C@@H](OC(=O)C(C)(C)C)[C@@H]1O. The van der Waals surface area contributed by atoms with E-state index in [-0.39, 0.29) is 6.61 Å². The average Bonchev–Trinajstić information content (AvgIpc) is 2.56. The summed E-state index contributed by atoms with van der Waals surface area (Å²) < 4.78 is 21.3. The van der Waals surface area contributed by atoms with Crippen molar-refractivity contribution in [3.63, 3.8) is 0 Å². The third-order valence-corrected chi connectivity index (χ3v) is 4.32. The van der Waals surface area contributed by atoms with E-state index in [1.807, 2.05) is 0 Å². The van der Waals surface area contributed by atoms with E-state index in [0.29, 0.717) is 0 Å². The maximum absolute atomic E-state index is 12.3. The lowest BCUT2D eigenvalue weighted by atomic mass is 9.94. The van der Waals surface area contributed by atoms with Crippen LogP contribution in [-0.2, 0) is 33.3 Å². The second-order valence-corrected chi connectivity index (χ2v) is 10.6. The zero-order valence-corrected chi connectivity index (χ0v) is 19.3. The van der Waals surface area contributed by atoms with Crippen molar-refractivity contribution in [2.24, 2.45) is 16.2 Å². The quantitative estimate of drug-likeness (QED) is 0.502. The molecule has 0 aromatic carbocycles. The van der Waals surface area contributed by atoms with E-state index >= 15 is 0 Å². The van der Waals surface area contributed by atoms with E-state index < -0.39 is 64.9 Å². The molecule has 1 heterocycles. The summed E-state index contributed by atoms with van der Waals surface area (Å²) in [5, 5.41) is 21.3. The number of ether oxygens (including phenoxy) is 4. The van der Waals surface area contributed by atoms with Gasteiger partial charge in [-0.05, 0) is 62.3 Å². The Balaban J connectivity index is 3.08. The van der Waals surface area contributed by atoms with E-state index in [9.17, 15) is 24.6 Å². The third-order valence-electron chi connectivity index (χ3n) is 4.32. The average molecular weight is 433 g/mol. The molecule has 0 aromatic rings. The molecule has 0 radical (unpaired) electrons. The highest BCUT2D eigenvalue weighted by molar-refractivity contribution is 5.76. The minimum Gasteiger partial charge on any atom is -0.462 e. The van der Waals surface area contributed by atoms with Gasteiger partial charge in [0.05, 0.1) is 16.2 Å². The van der Waals surface area contributed by atoms with Crippen LogP contribution in [0.25, 0.3) is 0 Å². The van der Waals surface area contributed by atoms with Crippen molar-refractivity contribution in [3.8, 4) is 0 Å². The van der Waals surface area contributed by atoms with Crippen LogP contribution in [0.3, 0.4) is 0 Å². The van der Waals surface area contributed by atoms with Crippen molar-refractivity contribution < 1.29 is 43.5 Å². The van der Waals surface area contributed by atoms with Crippen LogP contribution < -0.4 is 0 Å². The highest BCUT2D eigenvalue weighted by Crippen LogP contribution is 2.29. The molecule has 30 heavy (non-hydrogen) atoms. The molecule has 1 aliphatic heterocycles. The predicted octanol–water partition coefficient (Wildman–Crippen LogP) is 1.57. The first-order valence-electron chi connectivity index (χ1n) is 9.96. The monoisotopic (exact) mass is 432 g/mol. The second-order valence-electron chi connectivity index (χ2n) is 10.6. The number of aliphatic hydroxyl groups excluding tert-OH is 2. The number of rotatable bonds is 4. The zero-order valence-electron chi connectivity index (χ0n) is 19.3. The van der Waals surface area contributed by atoms with Gasteiger partial charge in [0.15, 0.2) is 12.2 Å². The molecule has 1 saturated heterocycles. The van der Waals surface area contributed by atoms with Gasteiger partial charge in [-0.15, -0.1) is 0 Å². The molecule has 9 nitrogen and oxygen atoms in total. The summed E-state index contributed by atoms with van der Waals surface area (Å²) >= 11 is 0. The van der Waals surface area contributed by atoms with Gasteiger partial charge in [-0.2, -0.15) is 0 Å². The molecule has 1 aliphatic rings. The number of hydrogen-bond donors (Lipinski definition) is 2. The van der Waals surface area contributed by atoms with E-state index in [1.165, 1.54) is 0 Å². The summed E-state index contributed by atoms with van der Waals surface area (Å²) in [5.74, 6) is -1.86. The largest absolute Gasteiger partial charge is 0.462 e. The molecule has 9 heteroatoms. The minimum atomic E-state index is -1.63. The molecule has 0 bridgehead atoms. The fourth-order valence-electron chi connectivity index (χ4n) is 2.23. The summed E-state index contributed by atoms with van der Waals surface area (Å²) in [6, 6.07) is 0. The van der Waals surface area contributed by atoms with Gasteiger partial charge < -0.3 is 29.2 Å². The Kier molecular flexibility index (Phi) is 8.07. The third kappa shape index (κ3) is 6.92. The molecule has 174 valence electrons. The van der Waals surface area contributed by atoms with Crippen LogP contribution in [0.5, 0.6) is 0 Å². The molecule has 0 unspecified atom stereocenters. The Morgan fingerprint density at radius 3 is 1.60 bits per heavy atom. The van der Waals surface area contributed by atoms with Crippen LogP contribution in [0.1, 0.15) is 62.3 Å². The summed E-state index contributed by atoms with van der Waals surface area (Å²) in [6.07, 6.45) is -7.29. The van der Waals surface area contributed by atoms with Gasteiger partial charge in [0.1, 0.15) is 18.8 Å². The Morgan fingerprint density at radius 1 is 0.733 bits per heavy atom. The van der Waals surface area contributed by atoms with Crippen molar-refractivity contribution in [3.05, 3.63) is 0 Å². The highest BCUT2D eigenvalue weighted by Gasteiger charge is 2.50. The normalized spacial score (nSPS) is 27.9. The van der Waals surface area contributed by atoms with Gasteiger partial charge in [-0.25, -0.2) is 0 Å². The first-order chi connectivity index (χ1) is 13.4. The first kappa shape index (κ1) is 26.3. The van der Waals surface area contributed by atoms with Gasteiger partial charge in [-0.3, -0.25) is 14.4 Å². The molecular formula is C21H36O9. The maximum Gasteiger partial charge on any atom is 0.313 e. The molecule has 1 fully saturated rings. The summed E-state index contributed by atoms with van der Waals surface area (Å²) in [6.45, 7) is 14.3. The van der Waals surface area contributed by atoms with Gasteiger partial charge in [-0.1, -0.05) is 0 Å². The topological polar surface area (TPSA) is 129 Å². The first-order valence-corrected chi connectivity index (χ1v) is 9.96. The Morgan fingerprint density at radius 2 is 1.17 bits per heavy atom. The Bertz CT molecular complexity index is 636. The lowest BCUT2D eigenvalue weighted by molar-refractivity contribution is -0.299. The van der Waals surface area contributed by atoms with Gasteiger partial charge in [0, 0.05) is 0 Å². The van der Waals surface area contributed by atoms with Crippen LogP contribution in [0.2, 0.25) is 0 Å². The number of carbonyl (C=O) groups excluding carboxylic acids is 3. The standard InChI is InChI=1S/C21H36O9/c1-19(2,3)16(24)27-10-11-12(22)14(29-17(25)20(4,5)6)13(23)15(28-11)30-18(26)21(7,8)9/h11-15,22-23H,10H2,1-9H3/t11-,12-,13-,14+,15+/m1/s1. The van der Waals surface area contributed by atoms with Gasteiger partial charge in [0.2, 0.25) is 6.29 Å². The summed E-state index contributed by atoms with van der Waals surface area (Å²) in [4.78, 5) is 36.7. The van der Waals surface area contributed by atoms with E-state index in [0.717, 1.165) is 0 Å². The molecule has 0 aromatic heterocycles. The van der Waals surface area contributed by atoms with Crippen LogP contribution in [0.15, 0.2) is 0 Å². The Labute approximate surface area is 178 Å². The van der Waals surface area contributed by atoms with E-state index in [2.05, 4.69) is 0 Å². The number of carbonyl (C=O) groups is 3. The maximum atomic E-state index is 12.3. The number of aliphatic hydroxyl groups is 2. The summed E-state index contributed by atoms with van der Waals surface area (Å²) in [7, 11) is 0. The Hall–Kier alpha value is -1.71. The highest BCUT2D eigenvalue weighted by atomic mass is 16.7. The smallest absolute Gasteiger partial charge is 0.313 e. The van der Waals surface area contributed by atoms with Crippen LogP contribution >= 0.6 is 0 Å². The molecule has 0 saturated carbocycles. The zero-order chi connectivity index (χ0) is 23.7. The van der Waals surface area contributed by atoms with Crippen LogP contribution in [0.4, 0.5) is 0 Å². The number of esters is 3. The van der Waals surface area contributed by atoms with Crippen LogP contribution in [0, 0.1) is 16.2 Å². The molecule has 1 rings (SSSR count). The van der Waals surface area contributed by atoms with Gasteiger partial charge >= 0.3 is 17.9 Å². The second kappa shape index (κ2) is 9.20. The fraction of sp³-hybridized carbons (Fsp3) is 0.857. The van der Waals surface area contributed by atoms with Gasteiger partial charge in [0.25, 0.3) is 0 Å². The molecule has 0 spiro atoms. The molecular weight excluding hydrogens is 396 g/mol. The number of hydrogen-bond acceptors (Lipinski definition) is 9. The van der Waals surface area contributed by atoms with Crippen molar-refractivity contribution in [1.29, 1.82) is 0 Å². The van der Waals surface area contributed by atoms with Crippen molar-refractivity contribution >= 4 is 17.9 Å². The van der Waals surface area contributed by atoms with Crippen molar-refractivity contribution in [1.82, 2.24) is 0 Å².